The zero-order valence-electron chi connectivity index (χ0n) is 12.8. The van der Waals surface area contributed by atoms with Gasteiger partial charge in [0, 0.05) is 19.1 Å². The molecule has 0 spiro atoms. The average molecular weight is 301 g/mol. The molecule has 118 valence electrons. The summed E-state index contributed by atoms with van der Waals surface area (Å²) in [6, 6.07) is 10.8. The Morgan fingerprint density at radius 2 is 2.00 bits per heavy atom. The molecule has 0 bridgehead atoms. The van der Waals surface area contributed by atoms with Gasteiger partial charge in [-0.05, 0) is 30.7 Å². The van der Waals surface area contributed by atoms with Crippen molar-refractivity contribution in [3.63, 3.8) is 0 Å². The van der Waals surface area contributed by atoms with E-state index in [4.69, 9.17) is 0 Å². The maximum Gasteiger partial charge on any atom is 0.324 e. The molecule has 5 nitrogen and oxygen atoms in total. The van der Waals surface area contributed by atoms with Gasteiger partial charge in [0.2, 0.25) is 5.91 Å². The molecule has 3 amide bonds. The molecule has 1 aromatic rings. The number of amides is 3. The molecule has 22 heavy (non-hydrogen) atoms. The minimum absolute atomic E-state index is 0.126. The van der Waals surface area contributed by atoms with Gasteiger partial charge in [0.05, 0.1) is 6.54 Å². The van der Waals surface area contributed by atoms with E-state index in [-0.39, 0.29) is 18.5 Å². The molecule has 0 radical (unpaired) electrons. The third-order valence-electron chi connectivity index (χ3n) is 4.68. The van der Waals surface area contributed by atoms with Crippen molar-refractivity contribution in [1.29, 1.82) is 0 Å². The molecule has 2 aliphatic rings. The maximum absolute atomic E-state index is 11.5. The summed E-state index contributed by atoms with van der Waals surface area (Å²) in [6.45, 7) is 1.27. The summed E-state index contributed by atoms with van der Waals surface area (Å²) in [5.41, 5.74) is 1.38. The molecule has 0 aromatic heterocycles. The second kappa shape index (κ2) is 6.92. The molecule has 2 fully saturated rings. The Hall–Kier alpha value is -1.88. The molecule has 0 unspecified atom stereocenters. The summed E-state index contributed by atoms with van der Waals surface area (Å²) < 4.78 is 0. The number of hydrogen-bond donors (Lipinski definition) is 2. The van der Waals surface area contributed by atoms with E-state index in [1.807, 2.05) is 6.07 Å². The lowest BCUT2D eigenvalue weighted by Gasteiger charge is -2.22. The lowest BCUT2D eigenvalue weighted by molar-refractivity contribution is -0.124. The first-order chi connectivity index (χ1) is 10.7. The van der Waals surface area contributed by atoms with Crippen molar-refractivity contribution in [3.8, 4) is 0 Å². The van der Waals surface area contributed by atoms with E-state index in [1.165, 1.54) is 29.7 Å². The first-order valence-corrected chi connectivity index (χ1v) is 8.09. The topological polar surface area (TPSA) is 61.4 Å². The maximum atomic E-state index is 11.5. The SMILES string of the molecule is O=C1CNC(=O)N1CCN[C@H]1CCC[C@H]1Cc1ccccc1. The van der Waals surface area contributed by atoms with Gasteiger partial charge in [-0.2, -0.15) is 0 Å². The Morgan fingerprint density at radius 3 is 2.73 bits per heavy atom. The van der Waals surface area contributed by atoms with E-state index < -0.39 is 0 Å². The van der Waals surface area contributed by atoms with Gasteiger partial charge in [-0.1, -0.05) is 36.8 Å². The second-order valence-electron chi connectivity index (χ2n) is 6.15. The fourth-order valence-electron chi connectivity index (χ4n) is 3.51. The number of rotatable bonds is 6. The van der Waals surface area contributed by atoms with Crippen molar-refractivity contribution in [2.24, 2.45) is 5.92 Å². The molecule has 5 heteroatoms. The summed E-state index contributed by atoms with van der Waals surface area (Å²) in [7, 11) is 0. The van der Waals surface area contributed by atoms with Crippen LogP contribution in [0.4, 0.5) is 4.79 Å². The fourth-order valence-corrected chi connectivity index (χ4v) is 3.51. The van der Waals surface area contributed by atoms with Crippen molar-refractivity contribution >= 4 is 11.9 Å². The van der Waals surface area contributed by atoms with Crippen molar-refractivity contribution in [2.75, 3.05) is 19.6 Å². The second-order valence-corrected chi connectivity index (χ2v) is 6.15. The molecule has 3 rings (SSSR count). The average Bonchev–Trinajstić information content (AvgIpc) is 3.09. The minimum Gasteiger partial charge on any atom is -0.329 e. The summed E-state index contributed by atoms with van der Waals surface area (Å²) in [5.74, 6) is 0.518. The van der Waals surface area contributed by atoms with Gasteiger partial charge in [-0.15, -0.1) is 0 Å². The van der Waals surface area contributed by atoms with Crippen molar-refractivity contribution < 1.29 is 9.59 Å². The number of benzene rings is 1. The first-order valence-electron chi connectivity index (χ1n) is 8.09. The first kappa shape index (κ1) is 15.0. The largest absolute Gasteiger partial charge is 0.329 e. The standard InChI is InChI=1S/C17H23N3O2/c21-16-12-19-17(22)20(16)10-9-18-15-8-4-7-14(15)11-13-5-2-1-3-6-13/h1-3,5-6,14-15,18H,4,7-12H2,(H,19,22)/t14-,15-/m0/s1. The summed E-state index contributed by atoms with van der Waals surface area (Å²) in [6.07, 6.45) is 4.77. The molecule has 1 aromatic carbocycles. The third-order valence-corrected chi connectivity index (χ3v) is 4.68. The van der Waals surface area contributed by atoms with Crippen LogP contribution in [0.25, 0.3) is 0 Å². The molecule has 1 aliphatic heterocycles. The molecule has 1 saturated carbocycles. The van der Waals surface area contributed by atoms with Crippen LogP contribution < -0.4 is 10.6 Å². The number of carbonyl (C=O) groups is 2. The van der Waals surface area contributed by atoms with Gasteiger partial charge in [0.15, 0.2) is 0 Å². The Balaban J connectivity index is 1.47. The third kappa shape index (κ3) is 3.47. The van der Waals surface area contributed by atoms with Gasteiger partial charge < -0.3 is 10.6 Å². The minimum atomic E-state index is -0.265. The van der Waals surface area contributed by atoms with Crippen molar-refractivity contribution in [2.45, 2.75) is 31.7 Å². The van der Waals surface area contributed by atoms with E-state index in [0.29, 0.717) is 25.0 Å². The van der Waals surface area contributed by atoms with Crippen molar-refractivity contribution in [3.05, 3.63) is 35.9 Å². The van der Waals surface area contributed by atoms with Crippen LogP contribution >= 0.6 is 0 Å². The van der Waals surface area contributed by atoms with Crippen molar-refractivity contribution in [1.82, 2.24) is 15.5 Å². The van der Waals surface area contributed by atoms with E-state index in [9.17, 15) is 9.59 Å². The lowest BCUT2D eigenvalue weighted by atomic mass is 9.94. The molecular formula is C17H23N3O2. The Kier molecular flexibility index (Phi) is 4.73. The molecule has 2 N–H and O–H groups in total. The highest BCUT2D eigenvalue weighted by atomic mass is 16.2. The van der Waals surface area contributed by atoms with Crippen LogP contribution in [0.15, 0.2) is 30.3 Å². The number of nitrogens with zero attached hydrogens (tertiary/aromatic N) is 1. The van der Waals surface area contributed by atoms with E-state index in [1.54, 1.807) is 0 Å². The van der Waals surface area contributed by atoms with Gasteiger partial charge in [-0.3, -0.25) is 9.69 Å². The Bertz CT molecular complexity index is 516. The number of carbonyl (C=O) groups excluding carboxylic acids is 2. The highest BCUT2D eigenvalue weighted by Crippen LogP contribution is 2.28. The molecule has 2 atom stereocenters. The van der Waals surface area contributed by atoms with Gasteiger partial charge in [0.25, 0.3) is 0 Å². The fraction of sp³-hybridized carbons (Fsp3) is 0.529. The highest BCUT2D eigenvalue weighted by molar-refractivity contribution is 6.01. The molecule has 1 aliphatic carbocycles. The van der Waals surface area contributed by atoms with Crippen LogP contribution in [0.3, 0.4) is 0 Å². The number of nitrogens with one attached hydrogen (secondary N) is 2. The summed E-state index contributed by atoms with van der Waals surface area (Å²) in [5, 5.41) is 6.09. The lowest BCUT2D eigenvalue weighted by Crippen LogP contribution is -2.41. The predicted octanol–water partition coefficient (Wildman–Crippen LogP) is 1.54. The van der Waals surface area contributed by atoms with E-state index in [2.05, 4.69) is 34.9 Å². The number of hydrogen-bond acceptors (Lipinski definition) is 3. The van der Waals surface area contributed by atoms with E-state index in [0.717, 1.165) is 6.42 Å². The number of urea groups is 1. The van der Waals surface area contributed by atoms with Crippen LogP contribution in [-0.2, 0) is 11.2 Å². The molecule has 1 saturated heterocycles. The molecular weight excluding hydrogens is 278 g/mol. The van der Waals surface area contributed by atoms with Gasteiger partial charge in [-0.25, -0.2) is 4.79 Å². The zero-order valence-corrected chi connectivity index (χ0v) is 12.8. The Morgan fingerprint density at radius 1 is 1.18 bits per heavy atom. The Labute approximate surface area is 131 Å². The van der Waals surface area contributed by atoms with Gasteiger partial charge in [0.1, 0.15) is 0 Å². The van der Waals surface area contributed by atoms with Crippen LogP contribution in [0.1, 0.15) is 24.8 Å². The zero-order chi connectivity index (χ0) is 15.4. The quantitative estimate of drug-likeness (QED) is 0.784. The predicted molar refractivity (Wildman–Crippen MR) is 84.4 cm³/mol. The summed E-state index contributed by atoms with van der Waals surface area (Å²) in [4.78, 5) is 24.3. The smallest absolute Gasteiger partial charge is 0.324 e. The highest BCUT2D eigenvalue weighted by Gasteiger charge is 2.30. The van der Waals surface area contributed by atoms with Crippen LogP contribution in [0.2, 0.25) is 0 Å². The van der Waals surface area contributed by atoms with Crippen LogP contribution in [0.5, 0.6) is 0 Å². The van der Waals surface area contributed by atoms with Crippen LogP contribution in [0, 0.1) is 5.92 Å². The summed E-state index contributed by atoms with van der Waals surface area (Å²) >= 11 is 0. The monoisotopic (exact) mass is 301 g/mol. The normalized spacial score (nSPS) is 24.8. The van der Waals surface area contributed by atoms with Crippen LogP contribution in [-0.4, -0.2) is 42.5 Å². The van der Waals surface area contributed by atoms with E-state index >= 15 is 0 Å². The van der Waals surface area contributed by atoms with Gasteiger partial charge >= 0.3 is 6.03 Å². The number of imide groups is 1. The molecule has 1 heterocycles.